The van der Waals surface area contributed by atoms with E-state index in [9.17, 15) is 86.1 Å². The molecule has 0 atom stereocenters. The molecule has 0 radical (unpaired) electrons. The molecule has 1 aliphatic rings. The predicted octanol–water partition coefficient (Wildman–Crippen LogP) is -10.7. The molecule has 1 rings (SSSR count). The molecule has 0 N–H and O–H groups in total. The second-order valence-corrected chi connectivity index (χ2v) is 12.7. The maximum Gasteiger partial charge on any atom is 4.00 e. The van der Waals surface area contributed by atoms with Crippen LogP contribution < -0.4 is 58.7 Å². The van der Waals surface area contributed by atoms with Crippen molar-refractivity contribution in [2.75, 3.05) is 0 Å². The largest absolute Gasteiger partial charge is 4.00 e. The second-order valence-electron chi connectivity index (χ2n) is 6.10. The van der Waals surface area contributed by atoms with Gasteiger partial charge in [0, 0.05) is 0 Å². The molecule has 0 saturated heterocycles. The first-order valence-electron chi connectivity index (χ1n) is 7.80. The van der Waals surface area contributed by atoms with Crippen LogP contribution in [0.2, 0.25) is 0 Å². The van der Waals surface area contributed by atoms with Gasteiger partial charge in [0.25, 0.3) is 0 Å². The van der Waals surface area contributed by atoms with E-state index in [1.807, 2.05) is 0 Å². The summed E-state index contributed by atoms with van der Waals surface area (Å²) in [6.07, 6.45) is -21.5. The molecule has 0 bridgehead atoms. The molecule has 1 fully saturated rings. The molecule has 39 heavy (non-hydrogen) atoms. The number of rotatable bonds is 12. The van der Waals surface area contributed by atoms with Crippen LogP contribution in [-0.4, -0.2) is 36.6 Å². The van der Waals surface area contributed by atoms with Crippen LogP contribution in [0.5, 0.6) is 0 Å². The van der Waals surface area contributed by atoms with Gasteiger partial charge in [0.2, 0.25) is 0 Å². The summed E-state index contributed by atoms with van der Waals surface area (Å²) in [4.78, 5) is 133. The third-order valence-electron chi connectivity index (χ3n) is 3.45. The van der Waals surface area contributed by atoms with E-state index in [0.29, 0.717) is 0 Å². The zero-order chi connectivity index (χ0) is 28.7. The van der Waals surface area contributed by atoms with E-state index in [4.69, 9.17) is 0 Å². The van der Waals surface area contributed by atoms with E-state index in [0.717, 1.165) is 0 Å². The smallest absolute Gasteiger partial charge is 0.790 e. The zero-order valence-corrected chi connectivity index (χ0v) is 30.2. The fourth-order valence-electron chi connectivity index (χ4n) is 2.74. The zero-order valence-electron chi connectivity index (χ0n) is 17.4. The third-order valence-corrected chi connectivity index (χ3v) is 6.46. The topological polar surface area (TPSA) is 435 Å². The summed E-state index contributed by atoms with van der Waals surface area (Å²) in [6.45, 7) is 0. The van der Waals surface area contributed by atoms with Gasteiger partial charge in [0.15, 0.2) is 0 Å². The van der Waals surface area contributed by atoms with Crippen molar-refractivity contribution in [3.05, 3.63) is 0 Å². The van der Waals surface area contributed by atoms with Gasteiger partial charge in [-0.25, -0.2) is 0 Å². The summed E-state index contributed by atoms with van der Waals surface area (Å²) >= 11 is 0. The fourth-order valence-corrected chi connectivity index (χ4v) is 5.96. The van der Waals surface area contributed by atoms with Crippen molar-refractivity contribution >= 4 is 46.9 Å². The molecule has 0 heterocycles. The molecule has 24 nitrogen and oxygen atoms in total. The van der Waals surface area contributed by atoms with Crippen molar-refractivity contribution in [1.29, 1.82) is 0 Å². The molecule has 0 aromatic carbocycles. The van der Waals surface area contributed by atoms with E-state index in [-0.39, 0.29) is 78.6 Å². The molecular formula is C6H6O24P6Zr3. The minimum absolute atomic E-state index is 0. The molecule has 0 aromatic heterocycles. The molecule has 0 unspecified atom stereocenters. The maximum absolute atomic E-state index is 11.1. The number of hydrogen-bond donors (Lipinski definition) is 0. The summed E-state index contributed by atoms with van der Waals surface area (Å²) < 4.78 is 88.3. The average molecular weight is 922 g/mol. The van der Waals surface area contributed by atoms with E-state index in [1.165, 1.54) is 0 Å². The Kier molecular flexibility index (Phi) is 20.1. The van der Waals surface area contributed by atoms with E-state index < -0.39 is 83.6 Å². The van der Waals surface area contributed by atoms with Gasteiger partial charge in [-0.2, -0.15) is 0 Å². The molecule has 0 aromatic rings. The van der Waals surface area contributed by atoms with Gasteiger partial charge in [-0.15, -0.1) is 0 Å². The molecular weight excluding hydrogens is 916 g/mol. The van der Waals surface area contributed by atoms with Gasteiger partial charge in [-0.1, -0.05) is 0 Å². The fraction of sp³-hybridized carbons (Fsp3) is 1.00. The van der Waals surface area contributed by atoms with Crippen LogP contribution in [0.15, 0.2) is 0 Å². The van der Waals surface area contributed by atoms with Crippen LogP contribution in [0.1, 0.15) is 0 Å². The molecule has 1 saturated carbocycles. The van der Waals surface area contributed by atoms with Crippen LogP contribution >= 0.6 is 46.9 Å². The van der Waals surface area contributed by atoms with E-state index >= 15 is 0 Å². The summed E-state index contributed by atoms with van der Waals surface area (Å²) in [7, 11) is -40.1. The number of phosphoric acid groups is 6. The Morgan fingerprint density at radius 3 is 0.410 bits per heavy atom. The molecule has 0 aliphatic heterocycles. The van der Waals surface area contributed by atoms with Crippen LogP contribution in [0.4, 0.5) is 0 Å². The van der Waals surface area contributed by atoms with Gasteiger partial charge in [0.1, 0.15) is 36.6 Å². The quantitative estimate of drug-likeness (QED) is 0.164. The minimum atomic E-state index is -6.68. The average Bonchev–Trinajstić information content (AvgIpc) is 2.51. The Morgan fingerprint density at radius 2 is 0.359 bits per heavy atom. The van der Waals surface area contributed by atoms with Crippen LogP contribution in [-0.2, 0) is 133 Å². The normalized spacial score (nSPS) is 27.1. The predicted molar refractivity (Wildman–Crippen MR) is 74.9 cm³/mol. The van der Waals surface area contributed by atoms with Crippen molar-refractivity contribution in [1.82, 2.24) is 0 Å². The SMILES string of the molecule is O=P([O-])([O-])OC1C(OP(=O)([O-])[O-])C(OP(=O)([O-])[O-])C(OP(=O)([O-])[O-])C(OP(=O)([O-])[O-])C1OP(=O)([O-])[O-].[Zr+4].[Zr+4].[Zr+4]. The Morgan fingerprint density at radius 1 is 0.282 bits per heavy atom. The maximum atomic E-state index is 11.1. The van der Waals surface area contributed by atoms with Crippen molar-refractivity contribution < 1.29 is 192 Å². The van der Waals surface area contributed by atoms with Gasteiger partial charge < -0.3 is 113 Å². The standard InChI is InChI=1S/C6H18O24P6.3Zr/c7-31(8,9)25-1-2(26-32(10,11)12)4(28-34(16,17)18)6(30-36(22,23)24)5(29-35(19,20)21)3(1)27-33(13,14)15;;;/h1-6H,(H2,7,8,9)(H2,10,11,12)(H2,13,14,15)(H2,16,17,18)(H2,19,20,21)(H2,22,23,24);;;/q;3*+4/p-12. The first-order chi connectivity index (χ1) is 15.6. The third kappa shape index (κ3) is 19.4. The van der Waals surface area contributed by atoms with Crippen LogP contribution in [0, 0.1) is 0 Å². The first-order valence-corrected chi connectivity index (χ1v) is 16.6. The minimum Gasteiger partial charge on any atom is -0.790 e. The first kappa shape index (κ1) is 46.7. The second kappa shape index (κ2) is 16.7. The van der Waals surface area contributed by atoms with Gasteiger partial charge >= 0.3 is 78.6 Å². The number of hydrogen-bond acceptors (Lipinski definition) is 24. The van der Waals surface area contributed by atoms with Crippen molar-refractivity contribution in [2.45, 2.75) is 36.6 Å². The molecule has 0 spiro atoms. The summed E-state index contributed by atoms with van der Waals surface area (Å²) in [5, 5.41) is 0. The summed E-state index contributed by atoms with van der Waals surface area (Å²) in [5.74, 6) is 0. The van der Waals surface area contributed by atoms with Crippen molar-refractivity contribution in [3.8, 4) is 0 Å². The van der Waals surface area contributed by atoms with E-state index in [1.54, 1.807) is 0 Å². The Balaban J connectivity index is -0.00000432. The Hall–Kier alpha value is 3.31. The van der Waals surface area contributed by atoms with Crippen molar-refractivity contribution in [2.24, 2.45) is 0 Å². The summed E-state index contributed by atoms with van der Waals surface area (Å²) in [6, 6.07) is 0. The van der Waals surface area contributed by atoms with Crippen LogP contribution in [0.25, 0.3) is 0 Å². The van der Waals surface area contributed by atoms with Gasteiger partial charge in [-0.05, 0) is 0 Å². The monoisotopic (exact) mass is 917 g/mol. The van der Waals surface area contributed by atoms with Gasteiger partial charge in [-0.3, -0.25) is 0 Å². The van der Waals surface area contributed by atoms with Crippen molar-refractivity contribution in [3.63, 3.8) is 0 Å². The Bertz CT molecular complexity index is 833. The number of phosphoric ester groups is 6. The van der Waals surface area contributed by atoms with Gasteiger partial charge in [0.05, 0.1) is 46.9 Å². The van der Waals surface area contributed by atoms with Crippen LogP contribution in [0.3, 0.4) is 0 Å². The molecule has 216 valence electrons. The molecule has 33 heteroatoms. The molecule has 1 aliphatic carbocycles. The molecule has 0 amide bonds. The summed E-state index contributed by atoms with van der Waals surface area (Å²) in [5.41, 5.74) is 0. The Labute approximate surface area is 273 Å². The van der Waals surface area contributed by atoms with E-state index in [2.05, 4.69) is 27.1 Å².